The Morgan fingerprint density at radius 2 is 1.85 bits per heavy atom. The summed E-state index contributed by atoms with van der Waals surface area (Å²) in [6.07, 6.45) is 1.05. The van der Waals surface area contributed by atoms with Gasteiger partial charge in [-0.1, -0.05) is 23.2 Å². The summed E-state index contributed by atoms with van der Waals surface area (Å²) in [4.78, 5) is 24.0. The van der Waals surface area contributed by atoms with E-state index in [9.17, 15) is 14.7 Å². The van der Waals surface area contributed by atoms with Crippen LogP contribution >= 0.6 is 23.2 Å². The highest BCUT2D eigenvalue weighted by atomic mass is 35.5. The highest BCUT2D eigenvalue weighted by molar-refractivity contribution is 6.35. The second-order valence-electron chi connectivity index (χ2n) is 4.52. The third kappa shape index (κ3) is 3.42. The summed E-state index contributed by atoms with van der Waals surface area (Å²) in [6.45, 7) is 0.675. The van der Waals surface area contributed by atoms with Gasteiger partial charge in [0.25, 0.3) is 0 Å². The van der Waals surface area contributed by atoms with Gasteiger partial charge in [0.1, 0.15) is 5.75 Å². The fourth-order valence-electron chi connectivity index (χ4n) is 2.02. The minimum Gasteiger partial charge on any atom is -0.506 e. The van der Waals surface area contributed by atoms with Gasteiger partial charge in [0.15, 0.2) is 0 Å². The molecule has 1 fully saturated rings. The zero-order valence-electron chi connectivity index (χ0n) is 10.7. The molecular weight excluding hydrogens is 303 g/mol. The lowest BCUT2D eigenvalue weighted by Crippen LogP contribution is -2.38. The summed E-state index contributed by atoms with van der Waals surface area (Å²) in [7, 11) is 0. The number of phenolic OH excluding ortho intramolecular Hbond substituents is 1. The summed E-state index contributed by atoms with van der Waals surface area (Å²) in [5, 5.41) is 13.4. The van der Waals surface area contributed by atoms with Gasteiger partial charge in [0.05, 0.1) is 11.7 Å². The van der Waals surface area contributed by atoms with E-state index in [1.165, 1.54) is 11.0 Å². The lowest BCUT2D eigenvalue weighted by molar-refractivity contribution is -0.138. The number of halogens is 2. The summed E-state index contributed by atoms with van der Waals surface area (Å²) < 4.78 is 0. The predicted molar refractivity (Wildman–Crippen MR) is 75.8 cm³/mol. The number of hydrogen-bond donors (Lipinski definition) is 2. The first-order valence-corrected chi connectivity index (χ1v) is 6.95. The molecule has 0 aliphatic carbocycles. The van der Waals surface area contributed by atoms with Crippen LogP contribution in [-0.2, 0) is 16.0 Å². The topological polar surface area (TPSA) is 69.6 Å². The van der Waals surface area contributed by atoms with Gasteiger partial charge in [-0.25, -0.2) is 0 Å². The van der Waals surface area contributed by atoms with Gasteiger partial charge in [0.2, 0.25) is 11.8 Å². The van der Waals surface area contributed by atoms with Crippen molar-refractivity contribution in [3.63, 3.8) is 0 Å². The maximum absolute atomic E-state index is 11.4. The third-order valence-electron chi connectivity index (χ3n) is 3.10. The first-order chi connectivity index (χ1) is 9.49. The number of phenols is 1. The minimum atomic E-state index is -0.156. The number of carbonyl (C=O) groups excluding carboxylic acids is 2. The molecule has 1 aromatic rings. The normalized spacial score (nSPS) is 15.2. The minimum absolute atomic E-state index is 0.00573. The molecule has 0 bridgehead atoms. The molecule has 1 aliphatic heterocycles. The molecule has 1 saturated heterocycles. The second-order valence-corrected chi connectivity index (χ2v) is 5.36. The Labute approximate surface area is 126 Å². The third-order valence-corrected chi connectivity index (χ3v) is 3.61. The van der Waals surface area contributed by atoms with Crippen molar-refractivity contribution in [3.8, 4) is 5.75 Å². The van der Waals surface area contributed by atoms with Gasteiger partial charge in [0, 0.05) is 24.4 Å². The maximum Gasteiger partial charge on any atom is 0.230 e. The van der Waals surface area contributed by atoms with E-state index in [-0.39, 0.29) is 42.1 Å². The molecule has 7 heteroatoms. The molecule has 0 radical (unpaired) electrons. The van der Waals surface area contributed by atoms with Gasteiger partial charge in [-0.05, 0) is 24.1 Å². The average molecular weight is 317 g/mol. The molecular formula is C13H14Cl2N2O3. The van der Waals surface area contributed by atoms with Crippen LogP contribution in [0.2, 0.25) is 10.0 Å². The monoisotopic (exact) mass is 316 g/mol. The summed E-state index contributed by atoms with van der Waals surface area (Å²) in [5.41, 5.74) is 0.620. The summed E-state index contributed by atoms with van der Waals surface area (Å²) in [5.74, 6) is -0.307. The first kappa shape index (κ1) is 15.1. The van der Waals surface area contributed by atoms with Crippen LogP contribution in [0.1, 0.15) is 18.4 Å². The molecule has 0 unspecified atom stereocenters. The SMILES string of the molecule is O=C1CCC(=O)N1CNCCc1cc(Cl)cc(Cl)c1O. The molecule has 1 aromatic carbocycles. The Balaban J connectivity index is 1.85. The summed E-state index contributed by atoms with van der Waals surface area (Å²) in [6, 6.07) is 3.10. The number of amides is 2. The number of carbonyl (C=O) groups is 2. The summed E-state index contributed by atoms with van der Waals surface area (Å²) >= 11 is 11.7. The van der Waals surface area contributed by atoms with Crippen LogP contribution in [0.3, 0.4) is 0 Å². The van der Waals surface area contributed by atoms with E-state index in [1.54, 1.807) is 6.07 Å². The predicted octanol–water partition coefficient (Wildman–Crippen LogP) is 1.94. The van der Waals surface area contributed by atoms with Crippen molar-refractivity contribution >= 4 is 35.0 Å². The number of benzene rings is 1. The van der Waals surface area contributed by atoms with E-state index < -0.39 is 0 Å². The van der Waals surface area contributed by atoms with E-state index in [4.69, 9.17) is 23.2 Å². The molecule has 0 saturated carbocycles. The van der Waals surface area contributed by atoms with E-state index in [1.807, 2.05) is 0 Å². The van der Waals surface area contributed by atoms with Crippen molar-refractivity contribution in [1.82, 2.24) is 10.2 Å². The van der Waals surface area contributed by atoms with Crippen LogP contribution in [-0.4, -0.2) is 35.0 Å². The Kier molecular flexibility index (Phi) is 4.86. The Bertz CT molecular complexity index is 533. The Morgan fingerprint density at radius 3 is 2.50 bits per heavy atom. The molecule has 0 atom stereocenters. The average Bonchev–Trinajstić information content (AvgIpc) is 2.71. The Morgan fingerprint density at radius 1 is 1.20 bits per heavy atom. The van der Waals surface area contributed by atoms with Gasteiger partial charge < -0.3 is 5.11 Å². The van der Waals surface area contributed by atoms with E-state index >= 15 is 0 Å². The van der Waals surface area contributed by atoms with Crippen molar-refractivity contribution in [2.75, 3.05) is 13.2 Å². The zero-order chi connectivity index (χ0) is 14.7. The number of hydrogen-bond acceptors (Lipinski definition) is 4. The number of aromatic hydroxyl groups is 1. The number of likely N-dealkylation sites (tertiary alicyclic amines) is 1. The van der Waals surface area contributed by atoms with Gasteiger partial charge in [-0.15, -0.1) is 0 Å². The first-order valence-electron chi connectivity index (χ1n) is 6.20. The zero-order valence-corrected chi connectivity index (χ0v) is 12.2. The van der Waals surface area contributed by atoms with Crippen LogP contribution in [0.25, 0.3) is 0 Å². The van der Waals surface area contributed by atoms with Crippen LogP contribution in [0.4, 0.5) is 0 Å². The smallest absolute Gasteiger partial charge is 0.230 e. The lowest BCUT2D eigenvalue weighted by atomic mass is 10.1. The van der Waals surface area contributed by atoms with Crippen LogP contribution in [0.5, 0.6) is 5.75 Å². The second kappa shape index (κ2) is 6.43. The highest BCUT2D eigenvalue weighted by Gasteiger charge is 2.27. The Hall–Kier alpha value is -1.30. The van der Waals surface area contributed by atoms with Crippen molar-refractivity contribution < 1.29 is 14.7 Å². The lowest BCUT2D eigenvalue weighted by Gasteiger charge is -2.15. The largest absolute Gasteiger partial charge is 0.506 e. The molecule has 1 aliphatic rings. The van der Waals surface area contributed by atoms with Gasteiger partial charge >= 0.3 is 0 Å². The van der Waals surface area contributed by atoms with Crippen molar-refractivity contribution in [2.45, 2.75) is 19.3 Å². The molecule has 20 heavy (non-hydrogen) atoms. The van der Waals surface area contributed by atoms with Gasteiger partial charge in [-0.3, -0.25) is 19.8 Å². The van der Waals surface area contributed by atoms with Crippen LogP contribution in [0, 0.1) is 0 Å². The number of nitrogens with zero attached hydrogens (tertiary/aromatic N) is 1. The molecule has 108 valence electrons. The molecule has 0 spiro atoms. The molecule has 1 heterocycles. The van der Waals surface area contributed by atoms with E-state index in [0.29, 0.717) is 23.6 Å². The van der Waals surface area contributed by atoms with Crippen molar-refractivity contribution in [3.05, 3.63) is 27.7 Å². The molecule has 2 rings (SSSR count). The standard InChI is InChI=1S/C13H14Cl2N2O3/c14-9-5-8(13(20)10(15)6-9)3-4-16-7-17-11(18)1-2-12(17)19/h5-6,16,20H,1-4,7H2. The maximum atomic E-state index is 11.4. The molecule has 0 aromatic heterocycles. The molecule has 2 N–H and O–H groups in total. The highest BCUT2D eigenvalue weighted by Crippen LogP contribution is 2.31. The van der Waals surface area contributed by atoms with Gasteiger partial charge in [-0.2, -0.15) is 0 Å². The van der Waals surface area contributed by atoms with E-state index in [0.717, 1.165) is 0 Å². The molecule has 2 amide bonds. The van der Waals surface area contributed by atoms with E-state index in [2.05, 4.69) is 5.32 Å². The van der Waals surface area contributed by atoms with Crippen LogP contribution in [0.15, 0.2) is 12.1 Å². The fourth-order valence-corrected chi connectivity index (χ4v) is 2.56. The van der Waals surface area contributed by atoms with Crippen molar-refractivity contribution in [1.29, 1.82) is 0 Å². The quantitative estimate of drug-likeness (QED) is 0.643. The number of nitrogens with one attached hydrogen (secondary N) is 1. The fraction of sp³-hybridized carbons (Fsp3) is 0.385. The number of rotatable bonds is 5. The van der Waals surface area contributed by atoms with Crippen molar-refractivity contribution in [2.24, 2.45) is 0 Å². The molecule has 5 nitrogen and oxygen atoms in total. The van der Waals surface area contributed by atoms with Crippen LogP contribution < -0.4 is 5.32 Å². The number of imide groups is 1.